The van der Waals surface area contributed by atoms with Crippen molar-refractivity contribution in [1.29, 1.82) is 0 Å². The maximum Gasteiger partial charge on any atom is 0.261 e. The summed E-state index contributed by atoms with van der Waals surface area (Å²) in [5.41, 5.74) is 1.70. The van der Waals surface area contributed by atoms with Gasteiger partial charge < -0.3 is 24.3 Å². The predicted molar refractivity (Wildman–Crippen MR) is 104 cm³/mol. The summed E-state index contributed by atoms with van der Waals surface area (Å²) in [4.78, 5) is 12.4. The van der Waals surface area contributed by atoms with Crippen LogP contribution in [0.1, 0.15) is 18.1 Å². The van der Waals surface area contributed by atoms with Crippen molar-refractivity contribution in [3.8, 4) is 23.0 Å². The highest BCUT2D eigenvalue weighted by Crippen LogP contribution is 2.38. The van der Waals surface area contributed by atoms with E-state index in [-0.39, 0.29) is 5.91 Å². The van der Waals surface area contributed by atoms with Crippen molar-refractivity contribution < 1.29 is 23.7 Å². The van der Waals surface area contributed by atoms with Crippen LogP contribution < -0.4 is 24.3 Å². The topological polar surface area (TPSA) is 66.0 Å². The molecule has 1 amide bonds. The van der Waals surface area contributed by atoms with Crippen molar-refractivity contribution >= 4 is 17.5 Å². The number of benzene rings is 2. The zero-order valence-corrected chi connectivity index (χ0v) is 16.8. The molecule has 6 nitrogen and oxygen atoms in total. The summed E-state index contributed by atoms with van der Waals surface area (Å²) in [6.45, 7) is 3.86. The van der Waals surface area contributed by atoms with Crippen LogP contribution in [0, 0.1) is 6.92 Å². The highest BCUT2D eigenvalue weighted by Gasteiger charge is 2.17. The Kier molecular flexibility index (Phi) is 7.19. The zero-order chi connectivity index (χ0) is 20.0. The number of rotatable bonds is 8. The first-order valence-corrected chi connectivity index (χ1v) is 8.76. The second-order valence-corrected chi connectivity index (χ2v) is 6.33. The van der Waals surface area contributed by atoms with Crippen LogP contribution in [-0.4, -0.2) is 33.3 Å². The number of hydrogen-bond acceptors (Lipinski definition) is 5. The van der Waals surface area contributed by atoms with Gasteiger partial charge in [0.1, 0.15) is 5.75 Å². The van der Waals surface area contributed by atoms with Gasteiger partial charge in [-0.25, -0.2) is 0 Å². The van der Waals surface area contributed by atoms with Crippen LogP contribution >= 0.6 is 11.6 Å². The molecule has 2 rings (SSSR count). The van der Waals surface area contributed by atoms with Crippen LogP contribution in [0.4, 0.5) is 0 Å². The van der Waals surface area contributed by atoms with Crippen molar-refractivity contribution in [1.82, 2.24) is 5.32 Å². The lowest BCUT2D eigenvalue weighted by Gasteiger charge is -2.17. The van der Waals surface area contributed by atoms with Gasteiger partial charge in [-0.2, -0.15) is 0 Å². The molecule has 0 saturated carbocycles. The molecule has 2 aromatic rings. The van der Waals surface area contributed by atoms with E-state index >= 15 is 0 Å². The number of aryl methyl sites for hydroxylation is 1. The zero-order valence-electron chi connectivity index (χ0n) is 16.1. The Morgan fingerprint density at radius 2 is 1.70 bits per heavy atom. The van der Waals surface area contributed by atoms with Crippen molar-refractivity contribution in [3.05, 3.63) is 46.5 Å². The van der Waals surface area contributed by atoms with Gasteiger partial charge >= 0.3 is 0 Å². The smallest absolute Gasteiger partial charge is 0.261 e. The molecule has 7 heteroatoms. The first kappa shape index (κ1) is 20.7. The van der Waals surface area contributed by atoms with E-state index < -0.39 is 6.10 Å². The van der Waals surface area contributed by atoms with Crippen molar-refractivity contribution in [2.24, 2.45) is 0 Å². The minimum Gasteiger partial charge on any atom is -0.493 e. The molecular formula is C20H24ClNO5. The molecule has 0 aliphatic carbocycles. The van der Waals surface area contributed by atoms with Crippen molar-refractivity contribution in [2.45, 2.75) is 26.5 Å². The third-order valence-corrected chi connectivity index (χ3v) is 4.43. The van der Waals surface area contributed by atoms with E-state index in [9.17, 15) is 4.79 Å². The van der Waals surface area contributed by atoms with Gasteiger partial charge in [0, 0.05) is 11.6 Å². The quantitative estimate of drug-likeness (QED) is 0.739. The average molecular weight is 394 g/mol. The largest absolute Gasteiger partial charge is 0.493 e. The number of nitrogens with one attached hydrogen (secondary N) is 1. The summed E-state index contributed by atoms with van der Waals surface area (Å²) in [6, 6.07) is 8.85. The van der Waals surface area contributed by atoms with E-state index in [1.54, 1.807) is 58.6 Å². The molecule has 0 fully saturated rings. The summed E-state index contributed by atoms with van der Waals surface area (Å²) < 4.78 is 21.6. The van der Waals surface area contributed by atoms with Crippen molar-refractivity contribution in [3.63, 3.8) is 0 Å². The van der Waals surface area contributed by atoms with Crippen LogP contribution in [0.2, 0.25) is 5.02 Å². The van der Waals surface area contributed by atoms with E-state index in [0.29, 0.717) is 34.6 Å². The first-order chi connectivity index (χ1) is 12.9. The van der Waals surface area contributed by atoms with E-state index in [1.807, 2.05) is 6.92 Å². The Labute approximate surface area is 164 Å². The molecule has 0 spiro atoms. The molecule has 1 unspecified atom stereocenters. The van der Waals surface area contributed by atoms with Gasteiger partial charge in [-0.05, 0) is 55.3 Å². The number of amides is 1. The molecule has 0 saturated heterocycles. The fraction of sp³-hybridized carbons (Fsp3) is 0.350. The maximum atomic E-state index is 12.4. The Hall–Kier alpha value is -2.60. The Bertz CT molecular complexity index is 784. The SMILES string of the molecule is COc1cc(CNC(=O)C(C)Oc2ccc(Cl)c(C)c2)cc(OC)c1OC. The Morgan fingerprint density at radius 1 is 1.07 bits per heavy atom. The van der Waals surface area contributed by atoms with Gasteiger partial charge in [-0.1, -0.05) is 11.6 Å². The van der Waals surface area contributed by atoms with Gasteiger partial charge in [0.05, 0.1) is 21.3 Å². The molecule has 0 heterocycles. The van der Waals surface area contributed by atoms with Gasteiger partial charge in [0.25, 0.3) is 5.91 Å². The molecule has 1 atom stereocenters. The molecule has 0 aliphatic heterocycles. The Morgan fingerprint density at radius 3 is 2.22 bits per heavy atom. The molecule has 2 aromatic carbocycles. The molecule has 0 bridgehead atoms. The normalized spacial score (nSPS) is 11.5. The van der Waals surface area contributed by atoms with Crippen molar-refractivity contribution in [2.75, 3.05) is 21.3 Å². The van der Waals surface area contributed by atoms with E-state index in [2.05, 4.69) is 5.32 Å². The summed E-state index contributed by atoms with van der Waals surface area (Å²) in [6.07, 6.45) is -0.660. The molecule has 0 aromatic heterocycles. The van der Waals surface area contributed by atoms with Crippen LogP contribution in [0.5, 0.6) is 23.0 Å². The number of methoxy groups -OCH3 is 3. The van der Waals surface area contributed by atoms with Crippen LogP contribution in [0.25, 0.3) is 0 Å². The number of carbonyl (C=O) groups excluding carboxylic acids is 1. The van der Waals surface area contributed by atoms with Gasteiger partial charge in [-0.3, -0.25) is 4.79 Å². The second-order valence-electron chi connectivity index (χ2n) is 5.92. The van der Waals surface area contributed by atoms with E-state index in [1.165, 1.54) is 0 Å². The molecule has 1 N–H and O–H groups in total. The Balaban J connectivity index is 2.02. The molecule has 0 aliphatic rings. The van der Waals surface area contributed by atoms with Crippen LogP contribution in [-0.2, 0) is 11.3 Å². The van der Waals surface area contributed by atoms with Crippen LogP contribution in [0.3, 0.4) is 0 Å². The summed E-state index contributed by atoms with van der Waals surface area (Å²) in [5, 5.41) is 3.50. The molecule has 27 heavy (non-hydrogen) atoms. The summed E-state index contributed by atoms with van der Waals surface area (Å²) >= 11 is 6.00. The third kappa shape index (κ3) is 5.20. The lowest BCUT2D eigenvalue weighted by molar-refractivity contribution is -0.127. The fourth-order valence-electron chi connectivity index (χ4n) is 2.52. The molecule has 0 radical (unpaired) electrons. The number of hydrogen-bond donors (Lipinski definition) is 1. The number of carbonyl (C=O) groups is 1. The highest BCUT2D eigenvalue weighted by atomic mass is 35.5. The molecule has 146 valence electrons. The minimum absolute atomic E-state index is 0.239. The average Bonchev–Trinajstić information content (AvgIpc) is 2.67. The van der Waals surface area contributed by atoms with Gasteiger partial charge in [0.2, 0.25) is 5.75 Å². The molecular weight excluding hydrogens is 370 g/mol. The minimum atomic E-state index is -0.660. The third-order valence-electron chi connectivity index (χ3n) is 4.00. The standard InChI is InChI=1S/C20H24ClNO5/c1-12-8-15(6-7-16(12)21)27-13(2)20(23)22-11-14-9-17(24-3)19(26-5)18(10-14)25-4/h6-10,13H,11H2,1-5H3,(H,22,23). The number of halogens is 1. The number of ether oxygens (including phenoxy) is 4. The van der Waals surface area contributed by atoms with Gasteiger partial charge in [-0.15, -0.1) is 0 Å². The van der Waals surface area contributed by atoms with Crippen LogP contribution in [0.15, 0.2) is 30.3 Å². The second kappa shape index (κ2) is 9.37. The highest BCUT2D eigenvalue weighted by molar-refractivity contribution is 6.31. The maximum absolute atomic E-state index is 12.4. The van der Waals surface area contributed by atoms with Gasteiger partial charge in [0.15, 0.2) is 17.6 Å². The lowest BCUT2D eigenvalue weighted by Crippen LogP contribution is -2.35. The van der Waals surface area contributed by atoms with E-state index in [4.69, 9.17) is 30.5 Å². The first-order valence-electron chi connectivity index (χ1n) is 8.39. The predicted octanol–water partition coefficient (Wildman–Crippen LogP) is 3.76. The lowest BCUT2D eigenvalue weighted by atomic mass is 10.1. The monoisotopic (exact) mass is 393 g/mol. The fourth-order valence-corrected chi connectivity index (χ4v) is 2.64. The van der Waals surface area contributed by atoms with E-state index in [0.717, 1.165) is 11.1 Å². The summed E-state index contributed by atoms with van der Waals surface area (Å²) in [5.74, 6) is 1.91. The summed E-state index contributed by atoms with van der Waals surface area (Å²) in [7, 11) is 4.63.